The molecule has 35 heavy (non-hydrogen) atoms. The van der Waals surface area contributed by atoms with Gasteiger partial charge in [0.05, 0.1) is 29.2 Å². The third kappa shape index (κ3) is 4.26. The minimum Gasteiger partial charge on any atom is -0.464 e. The Morgan fingerprint density at radius 1 is 1.14 bits per heavy atom. The Labute approximate surface area is 204 Å². The van der Waals surface area contributed by atoms with Crippen LogP contribution in [0.4, 0.5) is 5.69 Å². The van der Waals surface area contributed by atoms with Crippen LogP contribution in [0, 0.1) is 13.8 Å². The summed E-state index contributed by atoms with van der Waals surface area (Å²) in [5.41, 5.74) is 4.07. The van der Waals surface area contributed by atoms with Crippen LogP contribution in [0.5, 0.6) is 0 Å². The molecule has 0 saturated carbocycles. The highest BCUT2D eigenvalue weighted by Crippen LogP contribution is 2.31. The van der Waals surface area contributed by atoms with E-state index >= 15 is 0 Å². The number of pyridine rings is 2. The topological polar surface area (TPSA) is 107 Å². The summed E-state index contributed by atoms with van der Waals surface area (Å²) in [6, 6.07) is 12.1. The Morgan fingerprint density at radius 3 is 2.77 bits per heavy atom. The van der Waals surface area contributed by atoms with Crippen molar-refractivity contribution in [3.8, 4) is 11.5 Å². The van der Waals surface area contributed by atoms with Crippen LogP contribution < -0.4 is 10.7 Å². The molecule has 5 aromatic rings. The molecule has 176 valence electrons. The van der Waals surface area contributed by atoms with Crippen LogP contribution in [0.15, 0.2) is 57.9 Å². The van der Waals surface area contributed by atoms with Crippen LogP contribution >= 0.6 is 11.3 Å². The molecule has 0 aliphatic rings. The third-order valence-corrected chi connectivity index (χ3v) is 6.52. The van der Waals surface area contributed by atoms with Gasteiger partial charge in [0.25, 0.3) is 0 Å². The number of carbonyl (C=O) groups is 1. The van der Waals surface area contributed by atoms with Gasteiger partial charge < -0.3 is 14.5 Å². The van der Waals surface area contributed by atoms with Gasteiger partial charge in [0, 0.05) is 17.8 Å². The first-order chi connectivity index (χ1) is 16.8. The van der Waals surface area contributed by atoms with Gasteiger partial charge in [-0.3, -0.25) is 4.79 Å². The lowest BCUT2D eigenvalue weighted by Crippen LogP contribution is -2.14. The first kappa shape index (κ1) is 22.7. The standard InChI is InChI=1S/C26H22N4O4S/c1-13-10-16(14(2)28-19-6-5-9-27-23(19)26(32)33-4)24-17(11-13)21(31)12-22(34-24)18-7-8-20-25(30-18)35-15(3)29-20/h5-12,14,28H,1-4H3/t14-/m1/s1. The molecule has 0 radical (unpaired) electrons. The van der Waals surface area contributed by atoms with Crippen molar-refractivity contribution in [3.63, 3.8) is 0 Å². The molecule has 0 bridgehead atoms. The normalized spacial score (nSPS) is 12.1. The van der Waals surface area contributed by atoms with E-state index in [1.54, 1.807) is 18.2 Å². The number of rotatable bonds is 5. The molecular weight excluding hydrogens is 464 g/mol. The average Bonchev–Trinajstić information content (AvgIpc) is 3.23. The van der Waals surface area contributed by atoms with E-state index in [9.17, 15) is 9.59 Å². The Hall–Kier alpha value is -4.11. The number of thiazole rings is 1. The van der Waals surface area contributed by atoms with Gasteiger partial charge >= 0.3 is 5.97 Å². The van der Waals surface area contributed by atoms with E-state index in [-0.39, 0.29) is 17.2 Å². The van der Waals surface area contributed by atoms with Crippen molar-refractivity contribution >= 4 is 44.3 Å². The molecule has 0 spiro atoms. The summed E-state index contributed by atoms with van der Waals surface area (Å²) in [6.07, 6.45) is 1.53. The maximum atomic E-state index is 13.1. The molecule has 0 saturated heterocycles. The fraction of sp³-hybridized carbons (Fsp3) is 0.192. The van der Waals surface area contributed by atoms with Crippen LogP contribution in [-0.4, -0.2) is 28.0 Å². The van der Waals surface area contributed by atoms with Crippen LogP contribution in [0.25, 0.3) is 32.8 Å². The first-order valence-electron chi connectivity index (χ1n) is 11.0. The molecule has 0 aliphatic heterocycles. The summed E-state index contributed by atoms with van der Waals surface area (Å²) in [4.78, 5) is 39.3. The van der Waals surface area contributed by atoms with Gasteiger partial charge in [-0.15, -0.1) is 0 Å². The minimum absolute atomic E-state index is 0.155. The number of esters is 1. The second-order valence-electron chi connectivity index (χ2n) is 8.22. The lowest BCUT2D eigenvalue weighted by Gasteiger charge is -2.19. The first-order valence-corrected chi connectivity index (χ1v) is 11.8. The molecule has 8 nitrogen and oxygen atoms in total. The monoisotopic (exact) mass is 486 g/mol. The quantitative estimate of drug-likeness (QED) is 0.328. The Balaban J connectivity index is 1.62. The Bertz CT molecular complexity index is 1660. The number of hydrogen-bond acceptors (Lipinski definition) is 9. The zero-order valence-corrected chi connectivity index (χ0v) is 20.4. The number of benzene rings is 1. The SMILES string of the molecule is COC(=O)c1ncccc1N[C@H](C)c1cc(C)cc2c(=O)cc(-c3ccc4nc(C)sc4n3)oc12. The van der Waals surface area contributed by atoms with Crippen molar-refractivity contribution in [2.45, 2.75) is 26.8 Å². The zero-order valence-electron chi connectivity index (χ0n) is 19.6. The van der Waals surface area contributed by atoms with Gasteiger partial charge in [-0.2, -0.15) is 0 Å². The predicted octanol–water partition coefficient (Wildman–Crippen LogP) is 5.44. The minimum atomic E-state index is -0.539. The fourth-order valence-electron chi connectivity index (χ4n) is 4.04. The summed E-state index contributed by atoms with van der Waals surface area (Å²) in [7, 11) is 1.31. The molecule has 0 aliphatic carbocycles. The van der Waals surface area contributed by atoms with Crippen molar-refractivity contribution in [3.05, 3.63) is 80.7 Å². The lowest BCUT2D eigenvalue weighted by molar-refractivity contribution is 0.0595. The van der Waals surface area contributed by atoms with Gasteiger partial charge in [0.1, 0.15) is 21.6 Å². The molecule has 5 rings (SSSR count). The van der Waals surface area contributed by atoms with Gasteiger partial charge in [-0.25, -0.2) is 19.7 Å². The summed E-state index contributed by atoms with van der Waals surface area (Å²) >= 11 is 1.49. The second-order valence-corrected chi connectivity index (χ2v) is 9.40. The Morgan fingerprint density at radius 2 is 1.97 bits per heavy atom. The van der Waals surface area contributed by atoms with Gasteiger partial charge in [0.15, 0.2) is 16.9 Å². The van der Waals surface area contributed by atoms with Crippen molar-refractivity contribution in [1.82, 2.24) is 15.0 Å². The van der Waals surface area contributed by atoms with E-state index in [1.165, 1.54) is 30.7 Å². The van der Waals surface area contributed by atoms with E-state index in [0.29, 0.717) is 28.1 Å². The molecular formula is C26H22N4O4S. The molecule has 0 amide bonds. The molecule has 0 fully saturated rings. The highest BCUT2D eigenvalue weighted by Gasteiger charge is 2.20. The van der Waals surface area contributed by atoms with Crippen molar-refractivity contribution in [1.29, 1.82) is 0 Å². The van der Waals surface area contributed by atoms with E-state index in [2.05, 4.69) is 20.3 Å². The maximum Gasteiger partial charge on any atom is 0.358 e. The van der Waals surface area contributed by atoms with Crippen LogP contribution in [0.1, 0.15) is 39.6 Å². The zero-order chi connectivity index (χ0) is 24.7. The molecule has 4 heterocycles. The molecule has 1 atom stereocenters. The molecule has 9 heteroatoms. The molecule has 4 aromatic heterocycles. The van der Waals surface area contributed by atoms with E-state index in [4.69, 9.17) is 9.15 Å². The molecule has 1 N–H and O–H groups in total. The number of aromatic nitrogens is 3. The number of fused-ring (bicyclic) bond motifs is 2. The third-order valence-electron chi connectivity index (χ3n) is 5.64. The molecule has 0 unspecified atom stereocenters. The molecule has 1 aromatic carbocycles. The summed E-state index contributed by atoms with van der Waals surface area (Å²) in [6.45, 7) is 5.78. The fourth-order valence-corrected chi connectivity index (χ4v) is 4.82. The largest absolute Gasteiger partial charge is 0.464 e. The number of nitrogens with one attached hydrogen (secondary N) is 1. The summed E-state index contributed by atoms with van der Waals surface area (Å²) in [5, 5.41) is 4.72. The number of carbonyl (C=O) groups excluding carboxylic acids is 1. The van der Waals surface area contributed by atoms with Crippen molar-refractivity contribution < 1.29 is 13.9 Å². The van der Waals surface area contributed by atoms with Gasteiger partial charge in [-0.05, 0) is 56.7 Å². The summed E-state index contributed by atoms with van der Waals surface area (Å²) in [5.74, 6) is -0.160. The highest BCUT2D eigenvalue weighted by atomic mass is 32.1. The number of ether oxygens (including phenoxy) is 1. The van der Waals surface area contributed by atoms with Crippen molar-refractivity contribution in [2.24, 2.45) is 0 Å². The highest BCUT2D eigenvalue weighted by molar-refractivity contribution is 7.18. The van der Waals surface area contributed by atoms with Crippen LogP contribution in [0.3, 0.4) is 0 Å². The van der Waals surface area contributed by atoms with Gasteiger partial charge in [0.2, 0.25) is 0 Å². The number of aryl methyl sites for hydroxylation is 2. The van der Waals surface area contributed by atoms with E-state index in [0.717, 1.165) is 26.5 Å². The average molecular weight is 487 g/mol. The number of hydrogen-bond donors (Lipinski definition) is 1. The second kappa shape index (κ2) is 8.92. The number of anilines is 1. The number of nitrogens with zero attached hydrogens (tertiary/aromatic N) is 3. The van der Waals surface area contributed by atoms with Crippen LogP contribution in [-0.2, 0) is 4.74 Å². The lowest BCUT2D eigenvalue weighted by atomic mass is 10.0. The van der Waals surface area contributed by atoms with Gasteiger partial charge in [-0.1, -0.05) is 17.4 Å². The smallest absolute Gasteiger partial charge is 0.358 e. The van der Waals surface area contributed by atoms with Crippen molar-refractivity contribution in [2.75, 3.05) is 12.4 Å². The van der Waals surface area contributed by atoms with Crippen LogP contribution in [0.2, 0.25) is 0 Å². The Kier molecular flexibility index (Phi) is 5.78. The number of methoxy groups -OCH3 is 1. The predicted molar refractivity (Wildman–Crippen MR) is 136 cm³/mol. The summed E-state index contributed by atoms with van der Waals surface area (Å²) < 4.78 is 11.2. The maximum absolute atomic E-state index is 13.1. The van der Waals surface area contributed by atoms with E-state index < -0.39 is 5.97 Å². The van der Waals surface area contributed by atoms with E-state index in [1.807, 2.05) is 39.0 Å².